The molecule has 154 valence electrons. The summed E-state index contributed by atoms with van der Waals surface area (Å²) >= 11 is 6.20. The molecule has 0 atom stereocenters. The number of hydrogen-bond acceptors (Lipinski definition) is 4. The molecule has 4 N–H and O–H groups in total. The number of primary amides is 1. The molecule has 2 aromatic rings. The zero-order valence-electron chi connectivity index (χ0n) is 16.4. The highest BCUT2D eigenvalue weighted by molar-refractivity contribution is 6.33. The van der Waals surface area contributed by atoms with Crippen LogP contribution in [-0.4, -0.2) is 34.3 Å². The fourth-order valence-corrected chi connectivity index (χ4v) is 4.02. The monoisotopic (exact) mass is 417 g/mol. The van der Waals surface area contributed by atoms with Crippen LogP contribution in [0.4, 0.5) is 5.69 Å². The molecule has 1 aliphatic rings. The van der Waals surface area contributed by atoms with Gasteiger partial charge in [0.1, 0.15) is 5.69 Å². The Labute approximate surface area is 173 Å². The Balaban J connectivity index is 1.67. The molecule has 1 saturated carbocycles. The predicted octanol–water partition coefficient (Wildman–Crippen LogP) is 2.67. The Morgan fingerprint density at radius 1 is 1.21 bits per heavy atom. The fourth-order valence-electron chi connectivity index (χ4n) is 3.74. The molecular weight excluding hydrogens is 394 g/mol. The zero-order chi connectivity index (χ0) is 21.1. The van der Waals surface area contributed by atoms with Gasteiger partial charge in [0.15, 0.2) is 5.69 Å². The lowest BCUT2D eigenvalue weighted by atomic mass is 9.85. The van der Waals surface area contributed by atoms with Gasteiger partial charge in [0.2, 0.25) is 5.91 Å². The lowest BCUT2D eigenvalue weighted by Gasteiger charge is -2.29. The molecule has 8 nitrogen and oxygen atoms in total. The summed E-state index contributed by atoms with van der Waals surface area (Å²) in [6.45, 7) is 1.94. The summed E-state index contributed by atoms with van der Waals surface area (Å²) < 4.78 is 1.66. The van der Waals surface area contributed by atoms with E-state index in [1.807, 2.05) is 19.1 Å². The van der Waals surface area contributed by atoms with E-state index in [0.29, 0.717) is 36.4 Å². The molecule has 3 amide bonds. The quantitative estimate of drug-likeness (QED) is 0.692. The summed E-state index contributed by atoms with van der Waals surface area (Å²) in [6, 6.07) is 5.46. The number of aryl methyl sites for hydroxylation is 1. The third kappa shape index (κ3) is 4.42. The molecule has 1 aromatic carbocycles. The van der Waals surface area contributed by atoms with Crippen LogP contribution in [0.5, 0.6) is 0 Å². The van der Waals surface area contributed by atoms with Gasteiger partial charge in [0.25, 0.3) is 11.8 Å². The van der Waals surface area contributed by atoms with Crippen LogP contribution >= 0.6 is 11.6 Å². The van der Waals surface area contributed by atoms with Crippen LogP contribution in [0.25, 0.3) is 0 Å². The van der Waals surface area contributed by atoms with E-state index >= 15 is 0 Å². The first-order valence-electron chi connectivity index (χ1n) is 9.47. The molecule has 1 aliphatic carbocycles. The molecule has 0 spiro atoms. The number of benzene rings is 1. The van der Waals surface area contributed by atoms with Gasteiger partial charge >= 0.3 is 0 Å². The van der Waals surface area contributed by atoms with Gasteiger partial charge in [-0.25, -0.2) is 4.98 Å². The molecular formula is C20H24ClN5O3. The van der Waals surface area contributed by atoms with E-state index in [-0.39, 0.29) is 29.3 Å². The van der Waals surface area contributed by atoms with Crippen LogP contribution in [0.2, 0.25) is 5.02 Å². The fraction of sp³-hybridized carbons (Fsp3) is 0.400. The second kappa shape index (κ2) is 8.65. The van der Waals surface area contributed by atoms with Crippen molar-refractivity contribution in [2.24, 2.45) is 11.7 Å². The molecule has 29 heavy (non-hydrogen) atoms. The number of imidazole rings is 1. The standard InChI is InChI=1S/C20H24ClN5O3/c1-11-3-8-15(14(21)9-11)25-19(28)12-4-6-13(7-5-12)26-10-24-16(20(29)23-2)17(26)18(22)27/h3,8-10,12-13H,4-7H2,1-2H3,(H2,22,27)(H,23,29)(H,25,28)/t12-,13-. The lowest BCUT2D eigenvalue weighted by molar-refractivity contribution is -0.121. The Hall–Kier alpha value is -2.87. The van der Waals surface area contributed by atoms with E-state index in [0.717, 1.165) is 5.56 Å². The summed E-state index contributed by atoms with van der Waals surface area (Å²) in [7, 11) is 1.47. The number of nitrogens with zero attached hydrogens (tertiary/aromatic N) is 2. The molecule has 0 saturated heterocycles. The van der Waals surface area contributed by atoms with E-state index in [9.17, 15) is 14.4 Å². The summed E-state index contributed by atoms with van der Waals surface area (Å²) in [6.07, 6.45) is 4.10. The molecule has 0 bridgehead atoms. The van der Waals surface area contributed by atoms with Crippen LogP contribution < -0.4 is 16.4 Å². The minimum atomic E-state index is -0.699. The number of anilines is 1. The van der Waals surface area contributed by atoms with Crippen molar-refractivity contribution in [2.45, 2.75) is 38.6 Å². The van der Waals surface area contributed by atoms with Crippen LogP contribution in [0.15, 0.2) is 24.5 Å². The number of nitrogens with two attached hydrogens (primary N) is 1. The van der Waals surface area contributed by atoms with Crippen molar-refractivity contribution in [2.75, 3.05) is 12.4 Å². The van der Waals surface area contributed by atoms with E-state index in [1.165, 1.54) is 13.4 Å². The predicted molar refractivity (Wildman–Crippen MR) is 110 cm³/mol. The third-order valence-electron chi connectivity index (χ3n) is 5.31. The largest absolute Gasteiger partial charge is 0.364 e. The smallest absolute Gasteiger partial charge is 0.272 e. The number of nitrogens with one attached hydrogen (secondary N) is 2. The first-order chi connectivity index (χ1) is 13.8. The molecule has 3 rings (SSSR count). The van der Waals surface area contributed by atoms with Gasteiger partial charge < -0.3 is 20.9 Å². The zero-order valence-corrected chi connectivity index (χ0v) is 17.1. The minimum Gasteiger partial charge on any atom is -0.364 e. The topological polar surface area (TPSA) is 119 Å². The molecule has 0 aliphatic heterocycles. The average Bonchev–Trinajstić information content (AvgIpc) is 3.15. The van der Waals surface area contributed by atoms with E-state index in [4.69, 9.17) is 17.3 Å². The molecule has 0 unspecified atom stereocenters. The summed E-state index contributed by atoms with van der Waals surface area (Å²) in [5, 5.41) is 5.87. The van der Waals surface area contributed by atoms with Crippen molar-refractivity contribution in [3.05, 3.63) is 46.5 Å². The maximum atomic E-state index is 12.6. The highest BCUT2D eigenvalue weighted by Crippen LogP contribution is 2.34. The van der Waals surface area contributed by atoms with Crippen molar-refractivity contribution in [1.29, 1.82) is 0 Å². The van der Waals surface area contributed by atoms with Crippen LogP contribution in [0, 0.1) is 12.8 Å². The number of carbonyl (C=O) groups excluding carboxylic acids is 3. The minimum absolute atomic E-state index is 0.0221. The number of carbonyl (C=O) groups is 3. The number of amides is 3. The van der Waals surface area contributed by atoms with Gasteiger partial charge in [-0.05, 0) is 50.3 Å². The van der Waals surface area contributed by atoms with Crippen molar-refractivity contribution < 1.29 is 14.4 Å². The highest BCUT2D eigenvalue weighted by Gasteiger charge is 2.31. The molecule has 0 radical (unpaired) electrons. The molecule has 1 heterocycles. The molecule has 9 heteroatoms. The molecule has 1 fully saturated rings. The maximum absolute atomic E-state index is 12.6. The number of rotatable bonds is 5. The van der Waals surface area contributed by atoms with Gasteiger partial charge in [-0.15, -0.1) is 0 Å². The third-order valence-corrected chi connectivity index (χ3v) is 5.63. The summed E-state index contributed by atoms with van der Waals surface area (Å²) in [5.41, 5.74) is 7.24. The number of hydrogen-bond donors (Lipinski definition) is 3. The van der Waals surface area contributed by atoms with Crippen molar-refractivity contribution in [3.63, 3.8) is 0 Å². The molecule has 1 aromatic heterocycles. The lowest BCUT2D eigenvalue weighted by Crippen LogP contribution is -2.30. The Morgan fingerprint density at radius 2 is 1.90 bits per heavy atom. The van der Waals surface area contributed by atoms with E-state index < -0.39 is 11.8 Å². The van der Waals surface area contributed by atoms with Crippen LogP contribution in [-0.2, 0) is 4.79 Å². The van der Waals surface area contributed by atoms with Crippen molar-refractivity contribution in [1.82, 2.24) is 14.9 Å². The maximum Gasteiger partial charge on any atom is 0.272 e. The van der Waals surface area contributed by atoms with Crippen molar-refractivity contribution in [3.8, 4) is 0 Å². The van der Waals surface area contributed by atoms with Gasteiger partial charge in [-0.3, -0.25) is 14.4 Å². The second-order valence-electron chi connectivity index (χ2n) is 7.27. The van der Waals surface area contributed by atoms with E-state index in [1.54, 1.807) is 10.6 Å². The van der Waals surface area contributed by atoms with Crippen molar-refractivity contribution >= 4 is 35.0 Å². The number of halogens is 1. The number of aromatic nitrogens is 2. The van der Waals surface area contributed by atoms with Crippen LogP contribution in [0.1, 0.15) is 58.3 Å². The Morgan fingerprint density at radius 3 is 2.48 bits per heavy atom. The van der Waals surface area contributed by atoms with Gasteiger partial charge in [0.05, 0.1) is 17.0 Å². The first-order valence-corrected chi connectivity index (χ1v) is 9.85. The second-order valence-corrected chi connectivity index (χ2v) is 7.68. The van der Waals surface area contributed by atoms with Crippen LogP contribution in [0.3, 0.4) is 0 Å². The normalized spacial score (nSPS) is 18.9. The van der Waals surface area contributed by atoms with E-state index in [2.05, 4.69) is 15.6 Å². The Bertz CT molecular complexity index is 948. The summed E-state index contributed by atoms with van der Waals surface area (Å²) in [5.74, 6) is -1.38. The average molecular weight is 418 g/mol. The van der Waals surface area contributed by atoms with Gasteiger partial charge in [0, 0.05) is 19.0 Å². The van der Waals surface area contributed by atoms with Gasteiger partial charge in [-0.2, -0.15) is 0 Å². The Kier molecular flexibility index (Phi) is 6.22. The SMILES string of the molecule is CNC(=O)c1ncn([C@H]2CC[C@H](C(=O)Nc3ccc(C)cc3Cl)CC2)c1C(N)=O. The highest BCUT2D eigenvalue weighted by atomic mass is 35.5. The van der Waals surface area contributed by atoms with Gasteiger partial charge in [-0.1, -0.05) is 17.7 Å². The summed E-state index contributed by atoms with van der Waals surface area (Å²) in [4.78, 5) is 40.5. The first kappa shape index (κ1) is 20.9.